The summed E-state index contributed by atoms with van der Waals surface area (Å²) in [6.07, 6.45) is 19.5. The normalized spacial score (nSPS) is 15.9. The van der Waals surface area contributed by atoms with Crippen LogP contribution in [0.1, 0.15) is 118 Å². The van der Waals surface area contributed by atoms with E-state index in [1.807, 2.05) is 0 Å². The number of halogens is 1. The molecule has 0 saturated heterocycles. The highest BCUT2D eigenvalue weighted by molar-refractivity contribution is 6.23. The molecule has 0 rings (SSSR count). The molecular formula is C20H41Cl. The van der Waals surface area contributed by atoms with E-state index in [4.69, 9.17) is 11.6 Å². The maximum atomic E-state index is 6.51. The van der Waals surface area contributed by atoms with Gasteiger partial charge in [-0.1, -0.05) is 97.8 Å². The zero-order valence-corrected chi connectivity index (χ0v) is 16.1. The molecule has 0 aromatic rings. The van der Waals surface area contributed by atoms with Gasteiger partial charge in [-0.3, -0.25) is 0 Å². The van der Waals surface area contributed by atoms with Crippen LogP contribution in [0.3, 0.4) is 0 Å². The molecular weight excluding hydrogens is 276 g/mol. The molecule has 0 amide bonds. The Morgan fingerprint density at radius 2 is 1.10 bits per heavy atom. The Bertz CT molecular complexity index is 210. The lowest BCUT2D eigenvalue weighted by molar-refractivity contribution is 0.370. The fourth-order valence-electron chi connectivity index (χ4n) is 2.94. The number of rotatable bonds is 15. The van der Waals surface area contributed by atoms with E-state index < -0.39 is 0 Å². The number of hydrogen-bond acceptors (Lipinski definition) is 0. The summed E-state index contributed by atoms with van der Waals surface area (Å²) in [5.74, 6) is 0.646. The molecule has 0 spiro atoms. The summed E-state index contributed by atoms with van der Waals surface area (Å²) in [5, 5.41) is 0. The van der Waals surface area contributed by atoms with Gasteiger partial charge < -0.3 is 0 Å². The molecule has 0 aliphatic heterocycles. The molecule has 0 fully saturated rings. The molecule has 0 aromatic carbocycles. The SMILES string of the molecule is CCCCCCCCCCCCCCC(C)C(C)(Cl)CC. The van der Waals surface area contributed by atoms with Gasteiger partial charge in [0, 0.05) is 4.87 Å². The molecule has 21 heavy (non-hydrogen) atoms. The monoisotopic (exact) mass is 316 g/mol. The summed E-state index contributed by atoms with van der Waals surface area (Å²) in [7, 11) is 0. The highest BCUT2D eigenvalue weighted by atomic mass is 35.5. The van der Waals surface area contributed by atoms with Gasteiger partial charge in [-0.2, -0.15) is 0 Å². The number of hydrogen-bond donors (Lipinski definition) is 0. The molecule has 0 aromatic heterocycles. The van der Waals surface area contributed by atoms with Crippen LogP contribution < -0.4 is 0 Å². The third-order valence-corrected chi connectivity index (χ3v) is 5.85. The van der Waals surface area contributed by atoms with Crippen LogP contribution in [0.25, 0.3) is 0 Å². The first-order chi connectivity index (χ1) is 10.0. The number of alkyl halides is 1. The van der Waals surface area contributed by atoms with Crippen LogP contribution in [0.15, 0.2) is 0 Å². The van der Waals surface area contributed by atoms with Gasteiger partial charge in [0.05, 0.1) is 0 Å². The van der Waals surface area contributed by atoms with Gasteiger partial charge in [-0.05, 0) is 25.7 Å². The van der Waals surface area contributed by atoms with Gasteiger partial charge in [0.15, 0.2) is 0 Å². The zero-order chi connectivity index (χ0) is 16.0. The fraction of sp³-hybridized carbons (Fsp3) is 1.00. The summed E-state index contributed by atoms with van der Waals surface area (Å²) < 4.78 is 0. The zero-order valence-electron chi connectivity index (χ0n) is 15.4. The average Bonchev–Trinajstić information content (AvgIpc) is 2.48. The summed E-state index contributed by atoms with van der Waals surface area (Å²) in [4.78, 5) is 0.0117. The molecule has 0 aliphatic rings. The van der Waals surface area contributed by atoms with Crippen LogP contribution in [-0.4, -0.2) is 4.87 Å². The third kappa shape index (κ3) is 12.5. The van der Waals surface area contributed by atoms with Gasteiger partial charge in [0.2, 0.25) is 0 Å². The standard InChI is InChI=1S/C20H41Cl/c1-5-7-8-9-10-11-12-13-14-15-16-17-18-19(3)20(4,21)6-2/h19H,5-18H2,1-4H3. The molecule has 0 radical (unpaired) electrons. The maximum absolute atomic E-state index is 6.51. The molecule has 0 bridgehead atoms. The van der Waals surface area contributed by atoms with Crippen molar-refractivity contribution in [3.05, 3.63) is 0 Å². The lowest BCUT2D eigenvalue weighted by atomic mass is 9.88. The van der Waals surface area contributed by atoms with Crippen molar-refractivity contribution in [1.82, 2.24) is 0 Å². The van der Waals surface area contributed by atoms with Crippen molar-refractivity contribution in [2.45, 2.75) is 122 Å². The summed E-state index contributed by atoms with van der Waals surface area (Å²) in [6, 6.07) is 0. The van der Waals surface area contributed by atoms with Gasteiger partial charge in [-0.25, -0.2) is 0 Å². The van der Waals surface area contributed by atoms with E-state index in [2.05, 4.69) is 27.7 Å². The summed E-state index contributed by atoms with van der Waals surface area (Å²) in [6.45, 7) is 9.00. The first-order valence-corrected chi connectivity index (χ1v) is 10.1. The van der Waals surface area contributed by atoms with Crippen LogP contribution in [-0.2, 0) is 0 Å². The second-order valence-electron chi connectivity index (χ2n) is 7.21. The minimum absolute atomic E-state index is 0.0117. The van der Waals surface area contributed by atoms with Gasteiger partial charge in [0.25, 0.3) is 0 Å². The molecule has 2 atom stereocenters. The highest BCUT2D eigenvalue weighted by Crippen LogP contribution is 2.32. The van der Waals surface area contributed by atoms with Crippen LogP contribution in [0, 0.1) is 5.92 Å². The Morgan fingerprint density at radius 1 is 0.714 bits per heavy atom. The predicted octanol–water partition coefficient (Wildman–Crippen LogP) is 8.12. The molecule has 1 heteroatoms. The van der Waals surface area contributed by atoms with Crippen molar-refractivity contribution in [2.75, 3.05) is 0 Å². The fourth-order valence-corrected chi connectivity index (χ4v) is 3.05. The molecule has 128 valence electrons. The van der Waals surface area contributed by atoms with Gasteiger partial charge >= 0.3 is 0 Å². The van der Waals surface area contributed by atoms with E-state index in [0.29, 0.717) is 5.92 Å². The van der Waals surface area contributed by atoms with Gasteiger partial charge in [0.1, 0.15) is 0 Å². The lowest BCUT2D eigenvalue weighted by Gasteiger charge is -2.28. The molecule has 0 N–H and O–H groups in total. The summed E-state index contributed by atoms with van der Waals surface area (Å²) >= 11 is 6.51. The van der Waals surface area contributed by atoms with Crippen molar-refractivity contribution in [1.29, 1.82) is 0 Å². The molecule has 0 nitrogen and oxygen atoms in total. The average molecular weight is 317 g/mol. The Morgan fingerprint density at radius 3 is 1.48 bits per heavy atom. The molecule has 0 aliphatic carbocycles. The van der Waals surface area contributed by atoms with Crippen LogP contribution in [0.2, 0.25) is 0 Å². The largest absolute Gasteiger partial charge is 0.119 e. The van der Waals surface area contributed by atoms with Crippen LogP contribution in [0.4, 0.5) is 0 Å². The topological polar surface area (TPSA) is 0 Å². The molecule has 0 heterocycles. The van der Waals surface area contributed by atoms with Crippen molar-refractivity contribution in [3.8, 4) is 0 Å². The van der Waals surface area contributed by atoms with E-state index in [9.17, 15) is 0 Å². The Kier molecular flexibility index (Phi) is 14.1. The van der Waals surface area contributed by atoms with Crippen molar-refractivity contribution in [3.63, 3.8) is 0 Å². The highest BCUT2D eigenvalue weighted by Gasteiger charge is 2.25. The predicted molar refractivity (Wildman–Crippen MR) is 99.4 cm³/mol. The smallest absolute Gasteiger partial charge is 0.0441 e. The quantitative estimate of drug-likeness (QED) is 0.211. The summed E-state index contributed by atoms with van der Waals surface area (Å²) in [5.41, 5.74) is 0. The van der Waals surface area contributed by atoms with Crippen molar-refractivity contribution < 1.29 is 0 Å². The number of unbranched alkanes of at least 4 members (excludes halogenated alkanes) is 11. The van der Waals surface area contributed by atoms with Gasteiger partial charge in [-0.15, -0.1) is 11.6 Å². The van der Waals surface area contributed by atoms with E-state index in [1.54, 1.807) is 0 Å². The second kappa shape index (κ2) is 13.9. The van der Waals surface area contributed by atoms with Crippen molar-refractivity contribution >= 4 is 11.6 Å². The first-order valence-electron chi connectivity index (χ1n) is 9.73. The Balaban J connectivity index is 3.23. The maximum Gasteiger partial charge on any atom is 0.0441 e. The molecule has 0 saturated carbocycles. The molecule has 2 unspecified atom stereocenters. The minimum atomic E-state index is 0.0117. The van der Waals surface area contributed by atoms with E-state index >= 15 is 0 Å². The van der Waals surface area contributed by atoms with Crippen LogP contribution >= 0.6 is 11.6 Å². The Hall–Kier alpha value is 0.290. The minimum Gasteiger partial charge on any atom is -0.119 e. The van der Waals surface area contributed by atoms with Crippen LogP contribution in [0.5, 0.6) is 0 Å². The van der Waals surface area contributed by atoms with Crippen molar-refractivity contribution in [2.24, 2.45) is 5.92 Å². The van der Waals surface area contributed by atoms with E-state index in [-0.39, 0.29) is 4.87 Å². The first kappa shape index (κ1) is 21.3. The lowest BCUT2D eigenvalue weighted by Crippen LogP contribution is -2.25. The Labute approximate surface area is 140 Å². The second-order valence-corrected chi connectivity index (χ2v) is 8.07. The third-order valence-electron chi connectivity index (χ3n) is 5.21. The van der Waals surface area contributed by atoms with E-state index in [0.717, 1.165) is 6.42 Å². The van der Waals surface area contributed by atoms with E-state index in [1.165, 1.54) is 83.5 Å².